The number of esters is 1. The molecule has 0 saturated heterocycles. The first kappa shape index (κ1) is 21.6. The molecule has 0 heterocycles. The lowest BCUT2D eigenvalue weighted by atomic mass is 10.0. The minimum atomic E-state index is -1.20. The van der Waals surface area contributed by atoms with Crippen LogP contribution >= 0.6 is 0 Å². The molecule has 0 aromatic heterocycles. The molecule has 2 aromatic rings. The summed E-state index contributed by atoms with van der Waals surface area (Å²) in [6.45, 7) is 4.02. The lowest BCUT2D eigenvalue weighted by molar-refractivity contribution is -0.146. The Kier molecular flexibility index (Phi) is 8.20. The molecular formula is C23H27FO4. The van der Waals surface area contributed by atoms with Crippen LogP contribution in [0.25, 0.3) is 0 Å². The number of hydrogen-bond donors (Lipinski definition) is 1. The zero-order chi connectivity index (χ0) is 20.4. The molecule has 1 unspecified atom stereocenters. The summed E-state index contributed by atoms with van der Waals surface area (Å²) in [6.07, 6.45) is 5.01. The first-order valence-electron chi connectivity index (χ1n) is 9.40. The minimum Gasteiger partial charge on any atom is -0.489 e. The number of halogens is 1. The van der Waals surface area contributed by atoms with Gasteiger partial charge in [-0.25, -0.2) is 4.39 Å². The Labute approximate surface area is 165 Å². The predicted octanol–water partition coefficient (Wildman–Crippen LogP) is 4.60. The van der Waals surface area contributed by atoms with Crippen LogP contribution in [-0.2, 0) is 22.6 Å². The van der Waals surface area contributed by atoms with E-state index in [9.17, 15) is 14.3 Å². The fourth-order valence-corrected chi connectivity index (χ4v) is 2.65. The summed E-state index contributed by atoms with van der Waals surface area (Å²) in [5, 5.41) is 10.2. The van der Waals surface area contributed by atoms with Gasteiger partial charge in [0.05, 0.1) is 18.6 Å². The number of benzene rings is 2. The maximum Gasteiger partial charge on any atom is 0.309 e. The van der Waals surface area contributed by atoms with Crippen LogP contribution in [-0.4, -0.2) is 23.3 Å². The molecule has 0 saturated carbocycles. The van der Waals surface area contributed by atoms with Gasteiger partial charge in [-0.2, -0.15) is 0 Å². The molecule has 0 radical (unpaired) electrons. The van der Waals surface area contributed by atoms with Gasteiger partial charge < -0.3 is 14.6 Å². The van der Waals surface area contributed by atoms with Crippen LogP contribution in [0.5, 0.6) is 5.75 Å². The van der Waals surface area contributed by atoms with E-state index < -0.39 is 11.6 Å². The first-order valence-corrected chi connectivity index (χ1v) is 9.40. The number of carbonyl (C=O) groups excluding carboxylic acids is 1. The van der Waals surface area contributed by atoms with Crippen molar-refractivity contribution < 1.29 is 23.8 Å². The van der Waals surface area contributed by atoms with Gasteiger partial charge in [0.25, 0.3) is 0 Å². The van der Waals surface area contributed by atoms with E-state index >= 15 is 0 Å². The van der Waals surface area contributed by atoms with Gasteiger partial charge in [-0.15, -0.1) is 0 Å². The van der Waals surface area contributed by atoms with E-state index in [4.69, 9.17) is 9.47 Å². The molecule has 0 amide bonds. The Morgan fingerprint density at radius 3 is 2.39 bits per heavy atom. The van der Waals surface area contributed by atoms with Gasteiger partial charge in [0.15, 0.2) is 0 Å². The average molecular weight is 386 g/mol. The predicted molar refractivity (Wildman–Crippen MR) is 107 cm³/mol. The first-order chi connectivity index (χ1) is 13.4. The zero-order valence-electron chi connectivity index (χ0n) is 16.4. The maximum absolute atomic E-state index is 12.9. The van der Waals surface area contributed by atoms with Crippen LogP contribution < -0.4 is 4.74 Å². The largest absolute Gasteiger partial charge is 0.489 e. The summed E-state index contributed by atoms with van der Waals surface area (Å²) in [5.41, 5.74) is 0.846. The quantitative estimate of drug-likeness (QED) is 0.479. The number of ether oxygens (including phenoxy) is 2. The van der Waals surface area contributed by atoms with E-state index in [1.807, 2.05) is 30.3 Å². The second-order valence-electron chi connectivity index (χ2n) is 6.84. The van der Waals surface area contributed by atoms with Crippen molar-refractivity contribution in [2.24, 2.45) is 0 Å². The maximum atomic E-state index is 12.9. The molecule has 0 spiro atoms. The third-order valence-corrected chi connectivity index (χ3v) is 4.13. The van der Waals surface area contributed by atoms with Crippen molar-refractivity contribution in [1.82, 2.24) is 0 Å². The summed E-state index contributed by atoms with van der Waals surface area (Å²) >= 11 is 0. The summed E-state index contributed by atoms with van der Waals surface area (Å²) < 4.78 is 23.5. The number of rotatable bonds is 10. The summed E-state index contributed by atoms with van der Waals surface area (Å²) in [5.74, 6) is 0.0823. The smallest absolute Gasteiger partial charge is 0.309 e. The van der Waals surface area contributed by atoms with Crippen LogP contribution in [0.4, 0.5) is 4.39 Å². The molecule has 2 rings (SSSR count). The number of allylic oxidation sites excluding steroid dienone is 1. The van der Waals surface area contributed by atoms with Crippen LogP contribution in [0.2, 0.25) is 0 Å². The van der Waals surface area contributed by atoms with Gasteiger partial charge in [-0.3, -0.25) is 4.79 Å². The molecule has 28 heavy (non-hydrogen) atoms. The molecule has 0 fully saturated rings. The van der Waals surface area contributed by atoms with Crippen molar-refractivity contribution >= 4 is 5.97 Å². The van der Waals surface area contributed by atoms with E-state index in [2.05, 4.69) is 0 Å². The summed E-state index contributed by atoms with van der Waals surface area (Å²) in [6, 6.07) is 14.0. The minimum absolute atomic E-state index is 0.0581. The number of carbonyl (C=O) groups is 1. The third kappa shape index (κ3) is 7.92. The van der Waals surface area contributed by atoms with Gasteiger partial charge in [0.2, 0.25) is 0 Å². The Bertz CT molecular complexity index is 764. The van der Waals surface area contributed by atoms with E-state index in [1.54, 1.807) is 32.1 Å². The zero-order valence-corrected chi connectivity index (χ0v) is 16.4. The van der Waals surface area contributed by atoms with Crippen LogP contribution in [0.3, 0.4) is 0 Å². The van der Waals surface area contributed by atoms with Crippen molar-refractivity contribution in [3.8, 4) is 5.75 Å². The van der Waals surface area contributed by atoms with E-state index in [0.29, 0.717) is 13.2 Å². The number of hydrogen-bond acceptors (Lipinski definition) is 4. The van der Waals surface area contributed by atoms with Crippen molar-refractivity contribution in [2.45, 2.75) is 45.3 Å². The van der Waals surface area contributed by atoms with Crippen molar-refractivity contribution in [3.05, 3.63) is 77.6 Å². The molecular weight excluding hydrogens is 359 g/mol. The lowest BCUT2D eigenvalue weighted by Gasteiger charge is -2.17. The van der Waals surface area contributed by atoms with Crippen molar-refractivity contribution in [3.63, 3.8) is 0 Å². The number of aliphatic hydroxyl groups is 1. The fraction of sp³-hybridized carbons (Fsp3) is 0.348. The van der Waals surface area contributed by atoms with E-state index in [1.165, 1.54) is 12.1 Å². The SMILES string of the molecule is CCOC(=O)CC(C)(O)C=CCCc1ccc(OCc2ccc(F)cc2)cc1. The van der Waals surface area contributed by atoms with Crippen LogP contribution in [0, 0.1) is 5.82 Å². The van der Waals surface area contributed by atoms with Crippen LogP contribution in [0.15, 0.2) is 60.7 Å². The summed E-state index contributed by atoms with van der Waals surface area (Å²) in [4.78, 5) is 11.5. The standard InChI is InChI=1S/C23H27FO4/c1-3-27-22(25)16-23(2,26)15-5-4-6-18-9-13-21(14-10-18)28-17-19-7-11-20(24)12-8-19/h5,7-15,26H,3-4,6,16-17H2,1-2H3. The van der Waals surface area contributed by atoms with Gasteiger partial charge in [-0.05, 0) is 62.1 Å². The molecule has 150 valence electrons. The Morgan fingerprint density at radius 1 is 1.11 bits per heavy atom. The average Bonchev–Trinajstić information content (AvgIpc) is 2.65. The highest BCUT2D eigenvalue weighted by atomic mass is 19.1. The van der Waals surface area contributed by atoms with E-state index in [0.717, 1.165) is 29.7 Å². The lowest BCUT2D eigenvalue weighted by Crippen LogP contribution is -2.26. The fourth-order valence-electron chi connectivity index (χ4n) is 2.65. The molecule has 2 aromatic carbocycles. The molecule has 0 aliphatic heterocycles. The molecule has 0 aliphatic carbocycles. The highest BCUT2D eigenvalue weighted by Gasteiger charge is 2.21. The Hall–Kier alpha value is -2.66. The molecule has 5 heteroatoms. The highest BCUT2D eigenvalue weighted by Crippen LogP contribution is 2.17. The van der Waals surface area contributed by atoms with Gasteiger partial charge in [-0.1, -0.05) is 36.4 Å². The normalized spacial score (nSPS) is 13.3. The highest BCUT2D eigenvalue weighted by molar-refractivity contribution is 5.71. The van der Waals surface area contributed by atoms with Gasteiger partial charge in [0, 0.05) is 0 Å². The third-order valence-electron chi connectivity index (χ3n) is 4.13. The monoisotopic (exact) mass is 386 g/mol. The van der Waals surface area contributed by atoms with Gasteiger partial charge in [0.1, 0.15) is 18.2 Å². The molecule has 0 aliphatic rings. The molecule has 1 atom stereocenters. The second-order valence-corrected chi connectivity index (χ2v) is 6.84. The Morgan fingerprint density at radius 2 is 1.75 bits per heavy atom. The van der Waals surface area contributed by atoms with Gasteiger partial charge >= 0.3 is 5.97 Å². The Balaban J connectivity index is 1.76. The van der Waals surface area contributed by atoms with Crippen molar-refractivity contribution in [2.75, 3.05) is 6.61 Å². The molecule has 0 bridgehead atoms. The molecule has 1 N–H and O–H groups in total. The number of aryl methyl sites for hydroxylation is 1. The van der Waals surface area contributed by atoms with Crippen molar-refractivity contribution in [1.29, 1.82) is 0 Å². The second kappa shape index (κ2) is 10.6. The topological polar surface area (TPSA) is 55.8 Å². The molecule has 4 nitrogen and oxygen atoms in total. The summed E-state index contributed by atoms with van der Waals surface area (Å²) in [7, 11) is 0. The van der Waals surface area contributed by atoms with E-state index in [-0.39, 0.29) is 12.2 Å². The van der Waals surface area contributed by atoms with Crippen LogP contribution in [0.1, 0.15) is 37.8 Å².